The van der Waals surface area contributed by atoms with Gasteiger partial charge in [0.05, 0.1) is 18.8 Å². The van der Waals surface area contributed by atoms with E-state index in [2.05, 4.69) is 25.1 Å². The van der Waals surface area contributed by atoms with Crippen LogP contribution in [0.5, 0.6) is 0 Å². The predicted octanol–water partition coefficient (Wildman–Crippen LogP) is 4.24. The number of piperidine rings is 1. The zero-order valence-corrected chi connectivity index (χ0v) is 19.1. The van der Waals surface area contributed by atoms with E-state index in [4.69, 9.17) is 23.2 Å². The topological polar surface area (TPSA) is 64.5 Å². The van der Waals surface area contributed by atoms with Gasteiger partial charge in [-0.15, -0.1) is 0 Å². The highest BCUT2D eigenvalue weighted by Crippen LogP contribution is 2.34. The van der Waals surface area contributed by atoms with Gasteiger partial charge in [0.2, 0.25) is 5.95 Å². The van der Waals surface area contributed by atoms with Crippen molar-refractivity contribution in [2.75, 3.05) is 49.5 Å². The number of β-amino-alcohol motifs (C(OH)–C–C–N with tert-alkyl or cyclic N) is 1. The second-order valence-corrected chi connectivity index (χ2v) is 9.33. The average molecular weight is 468 g/mol. The molecule has 168 valence electrons. The van der Waals surface area contributed by atoms with Crippen molar-refractivity contribution in [3.05, 3.63) is 45.8 Å². The summed E-state index contributed by atoms with van der Waals surface area (Å²) >= 11 is 12.3. The maximum absolute atomic E-state index is 14.4. The molecule has 2 atom stereocenters. The number of aliphatic hydroxyl groups is 1. The van der Waals surface area contributed by atoms with Crippen LogP contribution in [0.3, 0.4) is 0 Å². The molecule has 2 N–H and O–H groups in total. The number of likely N-dealkylation sites (tertiary alicyclic amines) is 1. The summed E-state index contributed by atoms with van der Waals surface area (Å²) in [6, 6.07) is 5.01. The molecule has 0 amide bonds. The van der Waals surface area contributed by atoms with E-state index in [0.29, 0.717) is 27.8 Å². The average Bonchev–Trinajstić information content (AvgIpc) is 2.70. The third-order valence-corrected chi connectivity index (χ3v) is 6.89. The van der Waals surface area contributed by atoms with E-state index in [0.717, 1.165) is 38.3 Å². The molecule has 1 aromatic heterocycles. The molecule has 0 radical (unpaired) electrons. The van der Waals surface area contributed by atoms with Crippen molar-refractivity contribution in [1.29, 1.82) is 0 Å². The van der Waals surface area contributed by atoms with Crippen molar-refractivity contribution in [2.24, 2.45) is 11.8 Å². The monoisotopic (exact) mass is 467 g/mol. The lowest BCUT2D eigenvalue weighted by molar-refractivity contribution is 0.101. The summed E-state index contributed by atoms with van der Waals surface area (Å²) in [4.78, 5) is 13.1. The van der Waals surface area contributed by atoms with Crippen LogP contribution in [0.4, 0.5) is 16.2 Å². The van der Waals surface area contributed by atoms with Crippen LogP contribution in [-0.2, 0) is 0 Å². The molecule has 0 aliphatic carbocycles. The fourth-order valence-corrected chi connectivity index (χ4v) is 5.11. The van der Waals surface area contributed by atoms with E-state index in [1.165, 1.54) is 19.0 Å². The van der Waals surface area contributed by atoms with Crippen LogP contribution in [0.1, 0.15) is 31.4 Å². The fraction of sp³-hybridized carbons (Fsp3) is 0.545. The number of aliphatic hydroxyl groups excluding tert-OH is 1. The maximum atomic E-state index is 14.4. The normalized spacial score (nSPS) is 21.1. The number of hydrogen-bond donors (Lipinski definition) is 2. The maximum Gasteiger partial charge on any atom is 0.227 e. The zero-order valence-electron chi connectivity index (χ0n) is 17.6. The molecule has 1 aromatic carbocycles. The highest BCUT2D eigenvalue weighted by molar-refractivity contribution is 6.35. The smallest absolute Gasteiger partial charge is 0.227 e. The Morgan fingerprint density at radius 3 is 2.81 bits per heavy atom. The first kappa shape index (κ1) is 22.5. The molecular formula is C22H28Cl2FN5O. The van der Waals surface area contributed by atoms with Gasteiger partial charge in [-0.1, -0.05) is 29.3 Å². The number of halogens is 3. The quantitative estimate of drug-likeness (QED) is 0.634. The molecule has 2 saturated heterocycles. The Balaban J connectivity index is 1.38. The SMILES string of the molecule is CC(Nc1nc(N2CC(C3CCCN(CCO)C3)C2)ncc1F)c1ccc(Cl)cc1Cl. The summed E-state index contributed by atoms with van der Waals surface area (Å²) in [6.45, 7) is 6.72. The molecule has 0 spiro atoms. The third-order valence-electron chi connectivity index (χ3n) is 6.33. The van der Waals surface area contributed by atoms with Crippen LogP contribution < -0.4 is 10.2 Å². The summed E-state index contributed by atoms with van der Waals surface area (Å²) in [5, 5.41) is 13.4. The van der Waals surface area contributed by atoms with Gasteiger partial charge in [0.25, 0.3) is 0 Å². The summed E-state index contributed by atoms with van der Waals surface area (Å²) < 4.78 is 14.4. The van der Waals surface area contributed by atoms with Crippen LogP contribution in [0.2, 0.25) is 10.0 Å². The molecule has 2 unspecified atom stereocenters. The minimum absolute atomic E-state index is 0.166. The van der Waals surface area contributed by atoms with Gasteiger partial charge in [-0.3, -0.25) is 0 Å². The Labute approximate surface area is 192 Å². The lowest BCUT2D eigenvalue weighted by atomic mass is 9.81. The first-order chi connectivity index (χ1) is 14.9. The number of benzene rings is 1. The Morgan fingerprint density at radius 2 is 2.06 bits per heavy atom. The molecule has 0 saturated carbocycles. The number of aromatic nitrogens is 2. The van der Waals surface area contributed by atoms with Crippen molar-refractivity contribution in [3.63, 3.8) is 0 Å². The van der Waals surface area contributed by atoms with E-state index in [-0.39, 0.29) is 18.5 Å². The Bertz CT molecular complexity index is 909. The molecule has 2 fully saturated rings. The van der Waals surface area contributed by atoms with Crippen LogP contribution in [0, 0.1) is 17.7 Å². The molecule has 31 heavy (non-hydrogen) atoms. The highest BCUT2D eigenvalue weighted by Gasteiger charge is 2.37. The molecular weight excluding hydrogens is 440 g/mol. The van der Waals surface area contributed by atoms with Crippen LogP contribution >= 0.6 is 23.2 Å². The van der Waals surface area contributed by atoms with E-state index >= 15 is 0 Å². The summed E-state index contributed by atoms with van der Waals surface area (Å²) in [5.41, 5.74) is 0.819. The number of rotatable bonds is 7. The van der Waals surface area contributed by atoms with Crippen LogP contribution in [0.15, 0.2) is 24.4 Å². The Morgan fingerprint density at radius 1 is 1.26 bits per heavy atom. The summed E-state index contributed by atoms with van der Waals surface area (Å²) in [7, 11) is 0. The summed E-state index contributed by atoms with van der Waals surface area (Å²) in [6.07, 6.45) is 3.61. The van der Waals surface area contributed by atoms with Crippen molar-refractivity contribution in [1.82, 2.24) is 14.9 Å². The Hall–Kier alpha value is -1.67. The number of hydrogen-bond acceptors (Lipinski definition) is 6. The largest absolute Gasteiger partial charge is 0.395 e. The zero-order chi connectivity index (χ0) is 22.0. The molecule has 0 bridgehead atoms. The van der Waals surface area contributed by atoms with Gasteiger partial charge < -0.3 is 20.2 Å². The number of nitrogens with one attached hydrogen (secondary N) is 1. The molecule has 2 aliphatic rings. The number of nitrogens with zero attached hydrogens (tertiary/aromatic N) is 4. The van der Waals surface area contributed by atoms with Gasteiger partial charge in [0.1, 0.15) is 0 Å². The molecule has 4 rings (SSSR count). The van der Waals surface area contributed by atoms with Crippen LogP contribution in [-0.4, -0.2) is 59.3 Å². The summed E-state index contributed by atoms with van der Waals surface area (Å²) in [5.74, 6) is 1.42. The van der Waals surface area contributed by atoms with Gasteiger partial charge in [-0.2, -0.15) is 4.98 Å². The van der Waals surface area contributed by atoms with Gasteiger partial charge in [-0.05, 0) is 55.8 Å². The van der Waals surface area contributed by atoms with Crippen molar-refractivity contribution >= 4 is 35.0 Å². The number of anilines is 2. The van der Waals surface area contributed by atoms with Crippen molar-refractivity contribution in [2.45, 2.75) is 25.8 Å². The second kappa shape index (κ2) is 9.86. The minimum atomic E-state index is -0.496. The third kappa shape index (κ3) is 5.22. The fourth-order valence-electron chi connectivity index (χ4n) is 4.54. The second-order valence-electron chi connectivity index (χ2n) is 8.49. The minimum Gasteiger partial charge on any atom is -0.395 e. The van der Waals surface area contributed by atoms with E-state index < -0.39 is 5.82 Å². The van der Waals surface area contributed by atoms with Gasteiger partial charge in [-0.25, -0.2) is 9.37 Å². The van der Waals surface area contributed by atoms with Crippen molar-refractivity contribution in [3.8, 4) is 0 Å². The van der Waals surface area contributed by atoms with E-state index in [1.54, 1.807) is 12.1 Å². The van der Waals surface area contributed by atoms with E-state index in [1.807, 2.05) is 13.0 Å². The van der Waals surface area contributed by atoms with Crippen molar-refractivity contribution < 1.29 is 9.50 Å². The van der Waals surface area contributed by atoms with Gasteiger partial charge >= 0.3 is 0 Å². The first-order valence-electron chi connectivity index (χ1n) is 10.8. The lowest BCUT2D eigenvalue weighted by Gasteiger charge is -2.46. The standard InChI is InChI=1S/C22H28Cl2FN5O/c1-14(18-5-4-17(23)9-19(18)24)27-21-20(25)10-26-22(28-21)30-12-16(13-30)15-3-2-6-29(11-15)7-8-31/h4-5,9-10,14-16,31H,2-3,6-8,11-13H2,1H3,(H,26,27,28). The van der Waals surface area contributed by atoms with Gasteiger partial charge in [0, 0.05) is 36.2 Å². The molecule has 3 heterocycles. The molecule has 2 aromatic rings. The lowest BCUT2D eigenvalue weighted by Crippen LogP contribution is -2.54. The van der Waals surface area contributed by atoms with Gasteiger partial charge in [0.15, 0.2) is 11.6 Å². The Kier molecular flexibility index (Phi) is 7.16. The first-order valence-corrected chi connectivity index (χ1v) is 11.5. The van der Waals surface area contributed by atoms with E-state index in [9.17, 15) is 9.50 Å². The predicted molar refractivity (Wildman–Crippen MR) is 122 cm³/mol. The molecule has 6 nitrogen and oxygen atoms in total. The highest BCUT2D eigenvalue weighted by atomic mass is 35.5. The molecule has 9 heteroatoms. The molecule has 2 aliphatic heterocycles. The van der Waals surface area contributed by atoms with Crippen LogP contribution in [0.25, 0.3) is 0 Å².